The molecule has 0 saturated heterocycles. The minimum absolute atomic E-state index is 0.755. The van der Waals surface area contributed by atoms with Gasteiger partial charge in [-0.15, -0.1) is 0 Å². The van der Waals surface area contributed by atoms with Crippen LogP contribution in [0.3, 0.4) is 0 Å². The quantitative estimate of drug-likeness (QED) is 0.139. The Labute approximate surface area is 256 Å². The minimum Gasteiger partial charge on any atom is -0.366 e. The monoisotopic (exact) mass is 561 g/mol. The molecule has 0 heterocycles. The molecular formula is C39H51N3. The van der Waals surface area contributed by atoms with Crippen LogP contribution in [0.25, 0.3) is 0 Å². The third-order valence-corrected chi connectivity index (χ3v) is 6.97. The third-order valence-electron chi connectivity index (χ3n) is 6.97. The van der Waals surface area contributed by atoms with Crippen molar-refractivity contribution in [3.05, 3.63) is 155 Å². The van der Waals surface area contributed by atoms with Gasteiger partial charge in [-0.2, -0.15) is 0 Å². The minimum atomic E-state index is 0.755. The highest BCUT2D eigenvalue weighted by molar-refractivity contribution is 5.45. The first-order valence-corrected chi connectivity index (χ1v) is 15.3. The number of rotatable bonds is 16. The molecule has 222 valence electrons. The van der Waals surface area contributed by atoms with Crippen molar-refractivity contribution in [2.24, 2.45) is 4.99 Å². The first-order chi connectivity index (χ1) is 20.4. The van der Waals surface area contributed by atoms with E-state index in [1.54, 1.807) is 0 Å². The summed E-state index contributed by atoms with van der Waals surface area (Å²) in [7, 11) is 0. The molecule has 3 heteroatoms. The lowest BCUT2D eigenvalue weighted by molar-refractivity contribution is 0.347. The molecule has 3 aromatic rings. The molecule has 1 N–H and O–H groups in total. The van der Waals surface area contributed by atoms with Gasteiger partial charge >= 0.3 is 0 Å². The van der Waals surface area contributed by atoms with Gasteiger partial charge < -0.3 is 10.2 Å². The van der Waals surface area contributed by atoms with Crippen LogP contribution in [0.5, 0.6) is 0 Å². The Kier molecular flexibility index (Phi) is 15.5. The van der Waals surface area contributed by atoms with E-state index in [0.717, 1.165) is 73.6 Å². The van der Waals surface area contributed by atoms with Crippen LogP contribution >= 0.6 is 0 Å². The number of nitrogens with zero attached hydrogens (tertiary/aromatic N) is 2. The SMILES string of the molecule is C=N/C(C(=C)N(CCc1ccccc1)Cc1ccccc1)=C(/C=C(\C)NC(=C)CCC)CCc1ccc(C)cc1.CC. The Morgan fingerprint density at radius 2 is 1.38 bits per heavy atom. The summed E-state index contributed by atoms with van der Waals surface area (Å²) in [6.07, 6.45) is 6.85. The van der Waals surface area contributed by atoms with Crippen molar-refractivity contribution in [2.45, 2.75) is 73.3 Å². The molecule has 0 radical (unpaired) electrons. The Morgan fingerprint density at radius 3 is 1.95 bits per heavy atom. The topological polar surface area (TPSA) is 27.6 Å². The second-order valence-electron chi connectivity index (χ2n) is 10.4. The van der Waals surface area contributed by atoms with Crippen molar-refractivity contribution in [1.82, 2.24) is 10.2 Å². The van der Waals surface area contributed by atoms with E-state index in [9.17, 15) is 0 Å². The molecule has 3 nitrogen and oxygen atoms in total. The van der Waals surface area contributed by atoms with Crippen molar-refractivity contribution in [3.8, 4) is 0 Å². The number of aryl methyl sites for hydroxylation is 2. The summed E-state index contributed by atoms with van der Waals surface area (Å²) >= 11 is 0. The van der Waals surface area contributed by atoms with Gasteiger partial charge in [0, 0.05) is 24.5 Å². The van der Waals surface area contributed by atoms with Gasteiger partial charge in [0.15, 0.2) is 0 Å². The van der Waals surface area contributed by atoms with Crippen LogP contribution < -0.4 is 5.32 Å². The predicted molar refractivity (Wildman–Crippen MR) is 185 cm³/mol. The molecule has 0 atom stereocenters. The van der Waals surface area contributed by atoms with Gasteiger partial charge in [0.1, 0.15) is 0 Å². The molecule has 3 rings (SSSR count). The molecule has 42 heavy (non-hydrogen) atoms. The zero-order chi connectivity index (χ0) is 30.7. The molecule has 0 bridgehead atoms. The molecule has 3 aromatic carbocycles. The number of hydrogen-bond donors (Lipinski definition) is 1. The van der Waals surface area contributed by atoms with E-state index >= 15 is 0 Å². The first kappa shape index (κ1) is 34.1. The van der Waals surface area contributed by atoms with Crippen molar-refractivity contribution in [3.63, 3.8) is 0 Å². The maximum Gasteiger partial charge on any atom is 0.0882 e. The van der Waals surface area contributed by atoms with Gasteiger partial charge in [0.2, 0.25) is 0 Å². The maximum atomic E-state index is 4.59. The third kappa shape index (κ3) is 11.8. The predicted octanol–water partition coefficient (Wildman–Crippen LogP) is 9.97. The summed E-state index contributed by atoms with van der Waals surface area (Å²) in [5.74, 6) is 0. The fourth-order valence-corrected chi connectivity index (χ4v) is 4.78. The van der Waals surface area contributed by atoms with Gasteiger partial charge in [-0.05, 0) is 74.6 Å². The lowest BCUT2D eigenvalue weighted by Gasteiger charge is -2.28. The fraction of sp³-hybridized carbons (Fsp3) is 0.308. The summed E-state index contributed by atoms with van der Waals surface area (Å²) < 4.78 is 0. The van der Waals surface area contributed by atoms with E-state index in [-0.39, 0.29) is 0 Å². The van der Waals surface area contributed by atoms with Gasteiger partial charge in [0.05, 0.1) is 11.4 Å². The summed E-state index contributed by atoms with van der Waals surface area (Å²) in [4.78, 5) is 6.93. The maximum absolute atomic E-state index is 4.59. The Hall–Kier alpha value is -4.11. The lowest BCUT2D eigenvalue weighted by atomic mass is 9.99. The van der Waals surface area contributed by atoms with E-state index in [1.807, 2.05) is 13.8 Å². The second kappa shape index (κ2) is 19.1. The highest BCUT2D eigenvalue weighted by atomic mass is 15.1. The molecular weight excluding hydrogens is 510 g/mol. The second-order valence-corrected chi connectivity index (χ2v) is 10.4. The average Bonchev–Trinajstić information content (AvgIpc) is 3.01. The first-order valence-electron chi connectivity index (χ1n) is 15.3. The number of aliphatic imine (C=N–C) groups is 1. The van der Waals surface area contributed by atoms with Gasteiger partial charge in [0.25, 0.3) is 0 Å². The molecule has 0 aliphatic heterocycles. The Balaban J connectivity index is 0.00000301. The van der Waals surface area contributed by atoms with E-state index in [1.165, 1.54) is 22.3 Å². The van der Waals surface area contributed by atoms with E-state index in [0.29, 0.717) is 0 Å². The Morgan fingerprint density at radius 1 is 0.810 bits per heavy atom. The summed E-state index contributed by atoms with van der Waals surface area (Å²) in [5.41, 5.74) is 10.0. The van der Waals surface area contributed by atoms with Crippen molar-refractivity contribution >= 4 is 6.72 Å². The molecule has 0 aliphatic carbocycles. The van der Waals surface area contributed by atoms with Crippen molar-refractivity contribution in [2.75, 3.05) is 6.54 Å². The van der Waals surface area contributed by atoms with Crippen LogP contribution in [0.1, 0.15) is 69.2 Å². The number of hydrogen-bond acceptors (Lipinski definition) is 3. The summed E-state index contributed by atoms with van der Waals surface area (Å²) in [5, 5.41) is 3.48. The van der Waals surface area contributed by atoms with Gasteiger partial charge in [-0.25, -0.2) is 0 Å². The highest BCUT2D eigenvalue weighted by Crippen LogP contribution is 2.26. The van der Waals surface area contributed by atoms with Gasteiger partial charge in [-0.3, -0.25) is 4.99 Å². The van der Waals surface area contributed by atoms with Crippen LogP contribution in [0.15, 0.2) is 138 Å². The molecule has 0 spiro atoms. The molecule has 0 saturated carbocycles. The van der Waals surface area contributed by atoms with Crippen LogP contribution in [0, 0.1) is 6.92 Å². The molecule has 0 aliphatic rings. The zero-order valence-corrected chi connectivity index (χ0v) is 26.6. The normalized spacial score (nSPS) is 11.5. The zero-order valence-electron chi connectivity index (χ0n) is 26.6. The van der Waals surface area contributed by atoms with Crippen molar-refractivity contribution in [1.29, 1.82) is 0 Å². The van der Waals surface area contributed by atoms with Crippen molar-refractivity contribution < 1.29 is 0 Å². The van der Waals surface area contributed by atoms with Crippen LogP contribution in [0.4, 0.5) is 0 Å². The largest absolute Gasteiger partial charge is 0.366 e. The average molecular weight is 562 g/mol. The highest BCUT2D eigenvalue weighted by Gasteiger charge is 2.16. The van der Waals surface area contributed by atoms with Crippen LogP contribution in [-0.2, 0) is 19.4 Å². The smallest absolute Gasteiger partial charge is 0.0882 e. The van der Waals surface area contributed by atoms with Gasteiger partial charge in [-0.1, -0.05) is 131 Å². The van der Waals surface area contributed by atoms with E-state index in [4.69, 9.17) is 0 Å². The molecule has 0 unspecified atom stereocenters. The van der Waals surface area contributed by atoms with Crippen LogP contribution in [-0.4, -0.2) is 18.2 Å². The lowest BCUT2D eigenvalue weighted by Crippen LogP contribution is -2.26. The number of allylic oxidation sites excluding steroid dienone is 4. The standard InChI is InChI=1S/C37H45N3.C2H6/c1-7-14-30(3)39-31(4)27-36(24-23-34-21-19-29(2)20-22-34)37(38-6)32(5)40(28-35-17-12-9-13-18-35)26-25-33-15-10-8-11-16-33;1-2/h8-13,15-22,27,39H,3,5-7,14,23-26,28H2,1-2,4H3;1-2H3/b31-27+,37-36+;. The molecule has 0 fully saturated rings. The van der Waals surface area contributed by atoms with E-state index < -0.39 is 0 Å². The number of benzene rings is 3. The summed E-state index contributed by atoms with van der Waals surface area (Å²) in [6, 6.07) is 29.9. The fourth-order valence-electron chi connectivity index (χ4n) is 4.78. The molecule has 0 aromatic heterocycles. The van der Waals surface area contributed by atoms with Crippen LogP contribution in [0.2, 0.25) is 0 Å². The number of nitrogens with one attached hydrogen (secondary N) is 1. The molecule has 0 amide bonds. The summed E-state index contributed by atoms with van der Waals surface area (Å²) in [6.45, 7) is 24.8. The van der Waals surface area contributed by atoms with E-state index in [2.05, 4.69) is 147 Å². The Bertz CT molecular complexity index is 1300.